The van der Waals surface area contributed by atoms with Gasteiger partial charge in [-0.25, -0.2) is 15.0 Å². The average Bonchev–Trinajstić information content (AvgIpc) is 3.47. The summed E-state index contributed by atoms with van der Waals surface area (Å²) in [5, 5.41) is 7.23. The Morgan fingerprint density at radius 2 is 2.03 bits per heavy atom. The minimum absolute atomic E-state index is 0.0290. The zero-order chi connectivity index (χ0) is 22.9. The van der Waals surface area contributed by atoms with E-state index < -0.39 is 0 Å². The van der Waals surface area contributed by atoms with Gasteiger partial charge in [0.05, 0.1) is 32.4 Å². The molecule has 0 saturated carbocycles. The maximum absolute atomic E-state index is 12.6. The summed E-state index contributed by atoms with van der Waals surface area (Å²) >= 11 is 6.29. The molecule has 2 N–H and O–H groups in total. The molecule has 0 unspecified atom stereocenters. The van der Waals surface area contributed by atoms with Gasteiger partial charge in [0.15, 0.2) is 5.13 Å². The highest BCUT2D eigenvalue weighted by Gasteiger charge is 2.20. The molecule has 0 spiro atoms. The summed E-state index contributed by atoms with van der Waals surface area (Å²) in [7, 11) is 0. The lowest BCUT2D eigenvalue weighted by Gasteiger charge is -2.09. The first-order chi connectivity index (χ1) is 16.0. The van der Waals surface area contributed by atoms with Gasteiger partial charge in [0.25, 0.3) is 5.56 Å². The highest BCUT2D eigenvalue weighted by atomic mass is 32.2. The number of thioether (sulfide) groups is 1. The third kappa shape index (κ3) is 4.91. The number of H-pyrrole nitrogens is 1. The number of rotatable bonds is 7. The van der Waals surface area contributed by atoms with Crippen LogP contribution < -0.4 is 10.9 Å². The summed E-state index contributed by atoms with van der Waals surface area (Å²) in [6.07, 6.45) is 4.74. The number of thiophene rings is 1. The number of hydrogen-bond donors (Lipinski definition) is 2. The fraction of sp³-hybridized carbons (Fsp3) is 0.409. The predicted octanol–water partition coefficient (Wildman–Crippen LogP) is 5.32. The zero-order valence-corrected chi connectivity index (χ0v) is 21.6. The second kappa shape index (κ2) is 9.65. The molecular weight excluding hydrogens is 495 g/mol. The Morgan fingerprint density at radius 3 is 2.85 bits per heavy atom. The molecule has 1 amide bonds. The van der Waals surface area contributed by atoms with Gasteiger partial charge in [-0.1, -0.05) is 0 Å². The third-order valence-electron chi connectivity index (χ3n) is 5.47. The normalized spacial score (nSPS) is 13.4. The number of aryl methyl sites for hydroxylation is 4. The van der Waals surface area contributed by atoms with E-state index in [-0.39, 0.29) is 11.5 Å². The molecule has 4 heterocycles. The van der Waals surface area contributed by atoms with E-state index in [9.17, 15) is 9.59 Å². The van der Waals surface area contributed by atoms with Crippen molar-refractivity contribution in [2.24, 2.45) is 0 Å². The summed E-state index contributed by atoms with van der Waals surface area (Å²) in [6.45, 7) is 3.95. The van der Waals surface area contributed by atoms with Crippen LogP contribution >= 0.6 is 45.8 Å². The molecule has 1 aliphatic rings. The van der Waals surface area contributed by atoms with Crippen molar-refractivity contribution < 1.29 is 4.79 Å². The van der Waals surface area contributed by atoms with Crippen molar-refractivity contribution >= 4 is 67.0 Å². The lowest BCUT2D eigenvalue weighted by atomic mass is 9.97. The fourth-order valence-electron chi connectivity index (χ4n) is 4.00. The molecule has 0 fully saturated rings. The Balaban J connectivity index is 1.14. The van der Waals surface area contributed by atoms with Gasteiger partial charge in [-0.15, -0.1) is 34.0 Å². The van der Waals surface area contributed by atoms with Gasteiger partial charge < -0.3 is 10.3 Å². The van der Waals surface area contributed by atoms with Crippen molar-refractivity contribution in [3.63, 3.8) is 0 Å². The van der Waals surface area contributed by atoms with Crippen molar-refractivity contribution in [2.75, 3.05) is 11.1 Å². The van der Waals surface area contributed by atoms with Crippen molar-refractivity contribution in [1.82, 2.24) is 19.9 Å². The van der Waals surface area contributed by atoms with Crippen molar-refractivity contribution in [3.8, 4) is 10.6 Å². The van der Waals surface area contributed by atoms with Crippen molar-refractivity contribution in [1.29, 1.82) is 0 Å². The second-order valence-corrected chi connectivity index (χ2v) is 12.2. The minimum Gasteiger partial charge on any atom is -0.309 e. The van der Waals surface area contributed by atoms with Gasteiger partial charge in [0, 0.05) is 22.4 Å². The van der Waals surface area contributed by atoms with Crippen LogP contribution in [0.4, 0.5) is 5.13 Å². The summed E-state index contributed by atoms with van der Waals surface area (Å²) < 4.78 is 0. The number of carbonyl (C=O) groups is 1. The van der Waals surface area contributed by atoms with Gasteiger partial charge in [0.2, 0.25) is 5.91 Å². The Hall–Kier alpha value is -2.08. The Labute approximate surface area is 207 Å². The van der Waals surface area contributed by atoms with Gasteiger partial charge >= 0.3 is 0 Å². The van der Waals surface area contributed by atoms with Gasteiger partial charge in [0.1, 0.15) is 10.7 Å². The molecule has 0 aromatic carbocycles. The van der Waals surface area contributed by atoms with E-state index in [1.807, 2.05) is 19.2 Å². The minimum atomic E-state index is -0.0663. The van der Waals surface area contributed by atoms with Crippen LogP contribution in [0.5, 0.6) is 0 Å². The predicted molar refractivity (Wildman–Crippen MR) is 139 cm³/mol. The number of nitrogens with one attached hydrogen (secondary N) is 2. The number of anilines is 1. The van der Waals surface area contributed by atoms with Crippen LogP contribution in [0.15, 0.2) is 10.2 Å². The molecule has 11 heteroatoms. The van der Waals surface area contributed by atoms with Crippen LogP contribution in [0.25, 0.3) is 20.8 Å². The lowest BCUT2D eigenvalue weighted by Crippen LogP contribution is -2.13. The molecule has 0 saturated heterocycles. The number of fused-ring (bicyclic) bond motifs is 3. The standard InChI is InChI=1S/C22H23N5O2S4/c1-11-19(32-12(2)23-11)14-9-31-22(24-14)27-17(28)7-8-30-10-16-25-20(29)18-13-5-3-4-6-15(13)33-21(18)26-16/h9H,3-8,10H2,1-2H3,(H,24,27,28)(H,25,26,29). The number of aromatic nitrogens is 4. The molecule has 4 aromatic heterocycles. The van der Waals surface area contributed by atoms with E-state index in [0.29, 0.717) is 28.9 Å². The molecule has 0 bridgehead atoms. The van der Waals surface area contributed by atoms with Crippen LogP contribution in [-0.2, 0) is 23.4 Å². The van der Waals surface area contributed by atoms with Gasteiger partial charge in [-0.05, 0) is 45.1 Å². The molecule has 5 rings (SSSR count). The summed E-state index contributed by atoms with van der Waals surface area (Å²) in [4.78, 5) is 44.8. The second-order valence-electron chi connectivity index (χ2n) is 7.94. The van der Waals surface area contributed by atoms with Crippen LogP contribution in [0.3, 0.4) is 0 Å². The first kappa shape index (κ1) is 22.7. The van der Waals surface area contributed by atoms with Crippen molar-refractivity contribution in [3.05, 3.63) is 42.7 Å². The van der Waals surface area contributed by atoms with E-state index in [0.717, 1.165) is 50.8 Å². The van der Waals surface area contributed by atoms with Crippen molar-refractivity contribution in [2.45, 2.75) is 51.7 Å². The van der Waals surface area contributed by atoms with Crippen LogP contribution in [0.1, 0.15) is 46.2 Å². The summed E-state index contributed by atoms with van der Waals surface area (Å²) in [6, 6.07) is 0. The highest BCUT2D eigenvalue weighted by molar-refractivity contribution is 7.98. The number of nitrogens with zero attached hydrogens (tertiary/aromatic N) is 3. The van der Waals surface area contributed by atoms with E-state index in [1.54, 1.807) is 34.4 Å². The molecule has 4 aromatic rings. The van der Waals surface area contributed by atoms with E-state index >= 15 is 0 Å². The maximum Gasteiger partial charge on any atom is 0.259 e. The quantitative estimate of drug-likeness (QED) is 0.322. The molecule has 1 aliphatic carbocycles. The van der Waals surface area contributed by atoms with E-state index in [4.69, 9.17) is 4.98 Å². The van der Waals surface area contributed by atoms with E-state index in [1.165, 1.54) is 28.2 Å². The Bertz CT molecular complexity index is 1380. The Kier molecular flexibility index (Phi) is 6.64. The number of thiazole rings is 2. The lowest BCUT2D eigenvalue weighted by molar-refractivity contribution is -0.115. The smallest absolute Gasteiger partial charge is 0.259 e. The fourth-order valence-corrected chi connectivity index (χ4v) is 7.75. The van der Waals surface area contributed by atoms with Gasteiger partial charge in [-0.3, -0.25) is 9.59 Å². The number of aromatic amines is 1. The zero-order valence-electron chi connectivity index (χ0n) is 18.3. The first-order valence-corrected chi connectivity index (χ1v) is 14.5. The molecule has 0 radical (unpaired) electrons. The maximum atomic E-state index is 12.6. The number of hydrogen-bond acceptors (Lipinski definition) is 9. The molecule has 0 atom stereocenters. The van der Waals surface area contributed by atoms with Crippen LogP contribution in [0.2, 0.25) is 0 Å². The van der Waals surface area contributed by atoms with Crippen LogP contribution in [0, 0.1) is 13.8 Å². The highest BCUT2D eigenvalue weighted by Crippen LogP contribution is 2.34. The first-order valence-electron chi connectivity index (χ1n) is 10.8. The average molecular weight is 518 g/mol. The Morgan fingerprint density at radius 1 is 1.18 bits per heavy atom. The molecular formula is C22H23N5O2S4. The summed E-state index contributed by atoms with van der Waals surface area (Å²) in [5.74, 6) is 1.83. The topological polar surface area (TPSA) is 101 Å². The molecule has 0 aliphatic heterocycles. The van der Waals surface area contributed by atoms with Gasteiger partial charge in [-0.2, -0.15) is 11.8 Å². The number of amides is 1. The largest absolute Gasteiger partial charge is 0.309 e. The summed E-state index contributed by atoms with van der Waals surface area (Å²) in [5.41, 5.74) is 2.99. The van der Waals surface area contributed by atoms with E-state index in [2.05, 4.69) is 20.3 Å². The molecule has 7 nitrogen and oxygen atoms in total. The third-order valence-corrected chi connectivity index (χ3v) is 9.48. The monoisotopic (exact) mass is 517 g/mol. The SMILES string of the molecule is Cc1nc(C)c(-c2csc(NC(=O)CCSCc3nc4sc5c(c4c(=O)[nH]3)CCCC5)n2)s1. The van der Waals surface area contributed by atoms with Crippen LogP contribution in [-0.4, -0.2) is 31.6 Å². The molecule has 172 valence electrons. The molecule has 33 heavy (non-hydrogen) atoms. The number of carbonyl (C=O) groups excluding carboxylic acids is 1.